The molecule has 1 aliphatic heterocycles. The van der Waals surface area contributed by atoms with E-state index >= 15 is 0 Å². The number of nitrogens with zero attached hydrogens (tertiary/aromatic N) is 1. The summed E-state index contributed by atoms with van der Waals surface area (Å²) in [7, 11) is 0. The Morgan fingerprint density at radius 2 is 2.20 bits per heavy atom. The lowest BCUT2D eigenvalue weighted by Crippen LogP contribution is -2.14. The van der Waals surface area contributed by atoms with Gasteiger partial charge in [-0.15, -0.1) is 0 Å². The first kappa shape index (κ1) is 10.6. The van der Waals surface area contributed by atoms with E-state index in [4.69, 9.17) is 14.9 Å². The van der Waals surface area contributed by atoms with Crippen molar-refractivity contribution in [2.75, 3.05) is 19.8 Å². The van der Waals surface area contributed by atoms with Crippen LogP contribution in [-0.4, -0.2) is 24.7 Å². The van der Waals surface area contributed by atoms with Gasteiger partial charge in [-0.05, 0) is 32.2 Å². The smallest absolute Gasteiger partial charge is 0.197 e. The van der Waals surface area contributed by atoms with Crippen LogP contribution in [0.15, 0.2) is 10.7 Å². The van der Waals surface area contributed by atoms with Crippen LogP contribution in [0.25, 0.3) is 0 Å². The summed E-state index contributed by atoms with van der Waals surface area (Å²) in [5.41, 5.74) is 6.48. The van der Waals surface area contributed by atoms with Crippen LogP contribution in [0.4, 0.5) is 0 Å². The molecule has 1 aliphatic rings. The Hall–Kier alpha value is -0.870. The van der Waals surface area contributed by atoms with Crippen LogP contribution in [0.3, 0.4) is 0 Å². The number of rotatable bonds is 4. The average molecular weight is 210 g/mol. The number of nitrogens with two attached hydrogens (primary N) is 1. The summed E-state index contributed by atoms with van der Waals surface area (Å²) in [5, 5.41) is 0. The first-order chi connectivity index (χ1) is 7.40. The second kappa shape index (κ2) is 5.28. The lowest BCUT2D eigenvalue weighted by atomic mass is 10.0. The van der Waals surface area contributed by atoms with Crippen molar-refractivity contribution in [2.45, 2.75) is 31.6 Å². The molecule has 84 valence electrons. The van der Waals surface area contributed by atoms with Gasteiger partial charge >= 0.3 is 0 Å². The number of aryl methyl sites for hydroxylation is 1. The molecule has 15 heavy (non-hydrogen) atoms. The van der Waals surface area contributed by atoms with Gasteiger partial charge in [-0.3, -0.25) is 0 Å². The molecule has 1 aromatic heterocycles. The zero-order valence-electron chi connectivity index (χ0n) is 8.95. The number of hydrogen-bond donors (Lipinski definition) is 1. The van der Waals surface area contributed by atoms with Gasteiger partial charge in [0.15, 0.2) is 5.89 Å². The van der Waals surface area contributed by atoms with Crippen LogP contribution in [0.2, 0.25) is 0 Å². The molecular weight excluding hydrogens is 192 g/mol. The van der Waals surface area contributed by atoms with Crippen molar-refractivity contribution in [1.29, 1.82) is 0 Å². The topological polar surface area (TPSA) is 61.3 Å². The molecule has 0 radical (unpaired) electrons. The molecule has 0 bridgehead atoms. The number of ether oxygens (including phenoxy) is 1. The second-order valence-electron chi connectivity index (χ2n) is 3.96. The number of hydrogen-bond acceptors (Lipinski definition) is 4. The Morgan fingerprint density at radius 3 is 2.93 bits per heavy atom. The summed E-state index contributed by atoms with van der Waals surface area (Å²) in [6, 6.07) is 0. The molecule has 0 atom stereocenters. The Morgan fingerprint density at radius 1 is 1.40 bits per heavy atom. The molecule has 0 unspecified atom stereocenters. The fourth-order valence-corrected chi connectivity index (χ4v) is 1.85. The minimum absolute atomic E-state index is 0.449. The Bertz CT molecular complexity index is 293. The van der Waals surface area contributed by atoms with E-state index < -0.39 is 0 Å². The largest absolute Gasteiger partial charge is 0.448 e. The summed E-state index contributed by atoms with van der Waals surface area (Å²) >= 11 is 0. The number of aromatic nitrogens is 1. The van der Waals surface area contributed by atoms with Crippen LogP contribution >= 0.6 is 0 Å². The molecule has 0 spiro atoms. The third-order valence-electron chi connectivity index (χ3n) is 2.78. The highest BCUT2D eigenvalue weighted by molar-refractivity contribution is 5.01. The van der Waals surface area contributed by atoms with Crippen molar-refractivity contribution in [3.63, 3.8) is 0 Å². The van der Waals surface area contributed by atoms with Gasteiger partial charge in [-0.1, -0.05) is 0 Å². The van der Waals surface area contributed by atoms with Crippen LogP contribution in [-0.2, 0) is 11.2 Å². The van der Waals surface area contributed by atoms with Crippen molar-refractivity contribution < 1.29 is 9.15 Å². The molecule has 2 N–H and O–H groups in total. The Kier molecular flexibility index (Phi) is 3.75. The van der Waals surface area contributed by atoms with Crippen LogP contribution in [0.5, 0.6) is 0 Å². The first-order valence-electron chi connectivity index (χ1n) is 5.62. The van der Waals surface area contributed by atoms with E-state index in [1.807, 2.05) is 0 Å². The fraction of sp³-hybridized carbons (Fsp3) is 0.727. The lowest BCUT2D eigenvalue weighted by molar-refractivity contribution is 0.0794. The Balaban J connectivity index is 1.93. The molecule has 0 amide bonds. The molecule has 4 nitrogen and oxygen atoms in total. The van der Waals surface area contributed by atoms with Gasteiger partial charge in [0.05, 0.1) is 5.69 Å². The zero-order valence-corrected chi connectivity index (χ0v) is 8.95. The molecule has 0 aliphatic carbocycles. The average Bonchev–Trinajstić information content (AvgIpc) is 2.76. The molecule has 0 saturated carbocycles. The lowest BCUT2D eigenvalue weighted by Gasteiger charge is -2.18. The van der Waals surface area contributed by atoms with Crippen LogP contribution in [0.1, 0.15) is 36.8 Å². The molecular formula is C11H18N2O2. The normalized spacial score (nSPS) is 18.2. The van der Waals surface area contributed by atoms with E-state index in [1.54, 1.807) is 6.26 Å². The molecule has 4 heteroatoms. The van der Waals surface area contributed by atoms with Crippen molar-refractivity contribution in [1.82, 2.24) is 4.98 Å². The van der Waals surface area contributed by atoms with Crippen molar-refractivity contribution in [2.24, 2.45) is 5.73 Å². The van der Waals surface area contributed by atoms with Gasteiger partial charge < -0.3 is 14.9 Å². The van der Waals surface area contributed by atoms with Gasteiger partial charge in [0, 0.05) is 19.1 Å². The summed E-state index contributed by atoms with van der Waals surface area (Å²) in [6.07, 6.45) is 5.71. The fourth-order valence-electron chi connectivity index (χ4n) is 1.85. The van der Waals surface area contributed by atoms with Crippen LogP contribution in [0, 0.1) is 0 Å². The maximum atomic E-state index is 5.49. The highest BCUT2D eigenvalue weighted by Crippen LogP contribution is 2.26. The second-order valence-corrected chi connectivity index (χ2v) is 3.96. The van der Waals surface area contributed by atoms with E-state index in [2.05, 4.69) is 4.98 Å². The van der Waals surface area contributed by atoms with E-state index in [-0.39, 0.29) is 0 Å². The summed E-state index contributed by atoms with van der Waals surface area (Å²) in [5.74, 6) is 1.33. The number of oxazole rings is 1. The van der Waals surface area contributed by atoms with E-state index in [0.717, 1.165) is 50.5 Å². The van der Waals surface area contributed by atoms with Gasteiger partial charge in [-0.2, -0.15) is 0 Å². The highest BCUT2D eigenvalue weighted by Gasteiger charge is 2.20. The summed E-state index contributed by atoms with van der Waals surface area (Å²) in [6.45, 7) is 2.36. The van der Waals surface area contributed by atoms with Crippen molar-refractivity contribution in [3.8, 4) is 0 Å². The van der Waals surface area contributed by atoms with Gasteiger partial charge in [0.25, 0.3) is 0 Å². The van der Waals surface area contributed by atoms with Crippen molar-refractivity contribution >= 4 is 0 Å². The van der Waals surface area contributed by atoms with Gasteiger partial charge in [0.2, 0.25) is 0 Å². The molecule has 1 saturated heterocycles. The predicted octanol–water partition coefficient (Wildman–Crippen LogP) is 1.46. The minimum atomic E-state index is 0.449. The predicted molar refractivity (Wildman–Crippen MR) is 56.7 cm³/mol. The van der Waals surface area contributed by atoms with Gasteiger partial charge in [0.1, 0.15) is 6.26 Å². The Labute approximate surface area is 89.8 Å². The van der Waals surface area contributed by atoms with Crippen LogP contribution < -0.4 is 5.73 Å². The third-order valence-corrected chi connectivity index (χ3v) is 2.78. The monoisotopic (exact) mass is 210 g/mol. The van der Waals surface area contributed by atoms with E-state index in [0.29, 0.717) is 12.5 Å². The summed E-state index contributed by atoms with van der Waals surface area (Å²) < 4.78 is 10.8. The third kappa shape index (κ3) is 2.79. The highest BCUT2D eigenvalue weighted by atomic mass is 16.5. The van der Waals surface area contributed by atoms with Gasteiger partial charge in [-0.25, -0.2) is 4.98 Å². The molecule has 0 aromatic carbocycles. The molecule has 1 fully saturated rings. The zero-order chi connectivity index (χ0) is 10.5. The summed E-state index contributed by atoms with van der Waals surface area (Å²) in [4.78, 5) is 4.49. The maximum Gasteiger partial charge on any atom is 0.197 e. The SMILES string of the molecule is NCCCc1coc(C2CCOCC2)n1. The van der Waals surface area contributed by atoms with E-state index in [9.17, 15) is 0 Å². The minimum Gasteiger partial charge on any atom is -0.448 e. The molecule has 2 rings (SSSR count). The first-order valence-corrected chi connectivity index (χ1v) is 5.62. The van der Waals surface area contributed by atoms with E-state index in [1.165, 1.54) is 0 Å². The quantitative estimate of drug-likeness (QED) is 0.817. The standard InChI is InChI=1S/C11H18N2O2/c12-5-1-2-10-8-15-11(13-10)9-3-6-14-7-4-9/h8-9H,1-7,12H2. The maximum absolute atomic E-state index is 5.49. The molecule has 1 aromatic rings. The molecule has 2 heterocycles. The van der Waals surface area contributed by atoms with Crippen molar-refractivity contribution in [3.05, 3.63) is 17.8 Å².